The second kappa shape index (κ2) is 5.84. The Hall–Kier alpha value is -2.28. The molecule has 3 nitrogen and oxygen atoms in total. The van der Waals surface area contributed by atoms with Gasteiger partial charge in [-0.25, -0.2) is 4.98 Å². The molecule has 0 unspecified atom stereocenters. The number of rotatable bonds is 3. The van der Waals surface area contributed by atoms with Gasteiger partial charge in [0.05, 0.1) is 16.8 Å². The number of hydrogen-bond donors (Lipinski definition) is 1. The number of fused-ring (bicyclic) bond motifs is 1. The van der Waals surface area contributed by atoms with E-state index < -0.39 is 11.7 Å². The van der Waals surface area contributed by atoms with Gasteiger partial charge in [0.15, 0.2) is 0 Å². The summed E-state index contributed by atoms with van der Waals surface area (Å²) in [6.45, 7) is 0. The number of nitrogens with zero attached hydrogens (tertiary/aromatic N) is 2. The van der Waals surface area contributed by atoms with E-state index in [-0.39, 0.29) is 10.9 Å². The summed E-state index contributed by atoms with van der Waals surface area (Å²) >= 11 is 1.22. The van der Waals surface area contributed by atoms with Gasteiger partial charge >= 0.3 is 6.18 Å². The van der Waals surface area contributed by atoms with Crippen LogP contribution in [0.15, 0.2) is 59.9 Å². The Kier molecular flexibility index (Phi) is 3.89. The zero-order valence-electron chi connectivity index (χ0n) is 11.1. The molecule has 0 aliphatic rings. The Balaban J connectivity index is 1.98. The second-order valence-electron chi connectivity index (χ2n) is 4.43. The van der Waals surface area contributed by atoms with Gasteiger partial charge < -0.3 is 4.72 Å². The molecular formula is C15H10F3N3S. The van der Waals surface area contributed by atoms with Crippen LogP contribution in [0.1, 0.15) is 5.56 Å². The summed E-state index contributed by atoms with van der Waals surface area (Å²) in [5.41, 5.74) is 0.101. The first-order chi connectivity index (χ1) is 10.6. The molecule has 1 aromatic carbocycles. The van der Waals surface area contributed by atoms with Crippen molar-refractivity contribution in [3.8, 4) is 0 Å². The maximum atomic E-state index is 13.0. The monoisotopic (exact) mass is 321 g/mol. The molecule has 2 heterocycles. The largest absolute Gasteiger partial charge is 0.417 e. The summed E-state index contributed by atoms with van der Waals surface area (Å²) in [4.78, 5) is 8.20. The Morgan fingerprint density at radius 3 is 2.45 bits per heavy atom. The molecule has 0 fully saturated rings. The lowest BCUT2D eigenvalue weighted by Gasteiger charge is -2.13. The van der Waals surface area contributed by atoms with Crippen LogP contribution in [-0.4, -0.2) is 9.97 Å². The minimum absolute atomic E-state index is 0.0709. The van der Waals surface area contributed by atoms with E-state index >= 15 is 0 Å². The van der Waals surface area contributed by atoms with Crippen molar-refractivity contribution in [2.24, 2.45) is 0 Å². The summed E-state index contributed by atoms with van der Waals surface area (Å²) in [6.07, 6.45) is -1.29. The van der Waals surface area contributed by atoms with Crippen LogP contribution in [0.25, 0.3) is 10.9 Å². The predicted molar refractivity (Wildman–Crippen MR) is 80.5 cm³/mol. The van der Waals surface area contributed by atoms with E-state index in [0.717, 1.165) is 6.07 Å². The van der Waals surface area contributed by atoms with E-state index in [1.807, 2.05) is 6.07 Å². The normalized spacial score (nSPS) is 11.6. The van der Waals surface area contributed by atoms with Crippen LogP contribution < -0.4 is 4.72 Å². The molecule has 112 valence electrons. The highest BCUT2D eigenvalue weighted by molar-refractivity contribution is 8.00. The molecule has 3 aromatic rings. The predicted octanol–water partition coefficient (Wildman–Crippen LogP) is 4.77. The van der Waals surface area contributed by atoms with Crippen molar-refractivity contribution in [3.63, 3.8) is 0 Å². The van der Waals surface area contributed by atoms with Crippen molar-refractivity contribution in [2.45, 2.75) is 11.2 Å². The van der Waals surface area contributed by atoms with Crippen molar-refractivity contribution in [1.82, 2.24) is 9.97 Å². The highest BCUT2D eigenvalue weighted by Gasteiger charge is 2.33. The van der Waals surface area contributed by atoms with Gasteiger partial charge in [0, 0.05) is 29.7 Å². The van der Waals surface area contributed by atoms with Gasteiger partial charge in [-0.1, -0.05) is 12.1 Å². The topological polar surface area (TPSA) is 37.8 Å². The SMILES string of the molecule is FC(F)(F)c1ccc(NSc2ccccn2)c2ncccc12. The van der Waals surface area contributed by atoms with Crippen LogP contribution in [0.4, 0.5) is 18.9 Å². The van der Waals surface area contributed by atoms with Crippen LogP contribution in [0, 0.1) is 0 Å². The molecule has 2 aromatic heterocycles. The van der Waals surface area contributed by atoms with Gasteiger partial charge in [0.2, 0.25) is 0 Å². The first-order valence-corrected chi connectivity index (χ1v) is 7.16. The molecule has 22 heavy (non-hydrogen) atoms. The number of anilines is 1. The van der Waals surface area contributed by atoms with E-state index in [1.165, 1.54) is 36.3 Å². The van der Waals surface area contributed by atoms with E-state index in [1.54, 1.807) is 18.3 Å². The Morgan fingerprint density at radius 2 is 1.73 bits per heavy atom. The fourth-order valence-corrected chi connectivity index (χ4v) is 2.66. The van der Waals surface area contributed by atoms with E-state index in [9.17, 15) is 13.2 Å². The average Bonchev–Trinajstić information content (AvgIpc) is 2.52. The summed E-state index contributed by atoms with van der Waals surface area (Å²) in [7, 11) is 0. The van der Waals surface area contributed by atoms with Crippen molar-refractivity contribution in [2.75, 3.05) is 4.72 Å². The van der Waals surface area contributed by atoms with Crippen LogP contribution in [0.3, 0.4) is 0 Å². The lowest BCUT2D eigenvalue weighted by Crippen LogP contribution is -2.06. The lowest BCUT2D eigenvalue weighted by atomic mass is 10.1. The molecule has 0 amide bonds. The highest BCUT2D eigenvalue weighted by Crippen LogP contribution is 2.37. The van der Waals surface area contributed by atoms with Crippen molar-refractivity contribution in [3.05, 3.63) is 60.4 Å². The van der Waals surface area contributed by atoms with Crippen LogP contribution in [0.2, 0.25) is 0 Å². The van der Waals surface area contributed by atoms with Crippen LogP contribution in [-0.2, 0) is 6.18 Å². The standard InChI is InChI=1S/C15H10F3N3S/c16-15(17,18)11-6-7-12(14-10(11)4-3-9-20-14)21-22-13-5-1-2-8-19-13/h1-9,21H. The fourth-order valence-electron chi connectivity index (χ4n) is 2.02. The van der Waals surface area contributed by atoms with E-state index in [4.69, 9.17) is 0 Å². The third kappa shape index (κ3) is 2.99. The summed E-state index contributed by atoms with van der Waals surface area (Å²) in [5.74, 6) is 0. The van der Waals surface area contributed by atoms with Crippen molar-refractivity contribution < 1.29 is 13.2 Å². The maximum absolute atomic E-state index is 13.0. The number of hydrogen-bond acceptors (Lipinski definition) is 4. The van der Waals surface area contributed by atoms with Gasteiger partial charge in [-0.15, -0.1) is 0 Å². The number of alkyl halides is 3. The Bertz CT molecular complexity index is 791. The zero-order chi connectivity index (χ0) is 15.6. The third-order valence-corrected chi connectivity index (χ3v) is 3.75. The molecule has 0 atom stereocenters. The van der Waals surface area contributed by atoms with Gasteiger partial charge in [0.1, 0.15) is 5.03 Å². The van der Waals surface area contributed by atoms with E-state index in [2.05, 4.69) is 14.7 Å². The average molecular weight is 321 g/mol. The number of aromatic nitrogens is 2. The molecule has 0 spiro atoms. The van der Waals surface area contributed by atoms with Gasteiger partial charge in [0.25, 0.3) is 0 Å². The first-order valence-electron chi connectivity index (χ1n) is 6.34. The van der Waals surface area contributed by atoms with Crippen molar-refractivity contribution in [1.29, 1.82) is 0 Å². The van der Waals surface area contributed by atoms with Crippen LogP contribution in [0.5, 0.6) is 0 Å². The molecule has 3 rings (SSSR count). The van der Waals surface area contributed by atoms with Gasteiger partial charge in [-0.05, 0) is 30.3 Å². The molecule has 0 bridgehead atoms. The zero-order valence-corrected chi connectivity index (χ0v) is 11.9. The second-order valence-corrected chi connectivity index (χ2v) is 5.26. The molecule has 0 saturated heterocycles. The highest BCUT2D eigenvalue weighted by atomic mass is 32.2. The number of benzene rings is 1. The molecule has 0 radical (unpaired) electrons. The van der Waals surface area contributed by atoms with Gasteiger partial charge in [-0.2, -0.15) is 13.2 Å². The number of pyridine rings is 2. The van der Waals surface area contributed by atoms with E-state index in [0.29, 0.717) is 10.7 Å². The van der Waals surface area contributed by atoms with Crippen molar-refractivity contribution >= 4 is 28.5 Å². The first kappa shape index (κ1) is 14.6. The Labute approximate surface area is 128 Å². The molecule has 1 N–H and O–H groups in total. The maximum Gasteiger partial charge on any atom is 0.417 e. The quantitative estimate of drug-likeness (QED) is 0.705. The molecule has 0 aliphatic heterocycles. The fraction of sp³-hybridized carbons (Fsp3) is 0.0667. The lowest BCUT2D eigenvalue weighted by molar-refractivity contribution is -0.136. The number of nitrogens with one attached hydrogen (secondary N) is 1. The smallest absolute Gasteiger partial charge is 0.322 e. The minimum Gasteiger partial charge on any atom is -0.322 e. The molecule has 0 saturated carbocycles. The number of halogens is 3. The third-order valence-electron chi connectivity index (χ3n) is 2.98. The molecular weight excluding hydrogens is 311 g/mol. The summed E-state index contributed by atoms with van der Waals surface area (Å²) < 4.78 is 42.1. The van der Waals surface area contributed by atoms with Crippen LogP contribution >= 0.6 is 11.9 Å². The minimum atomic E-state index is -4.41. The summed E-state index contributed by atoms with van der Waals surface area (Å²) in [5, 5.41) is 0.785. The molecule has 0 aliphatic carbocycles. The summed E-state index contributed by atoms with van der Waals surface area (Å²) in [6, 6.07) is 10.8. The van der Waals surface area contributed by atoms with Gasteiger partial charge in [-0.3, -0.25) is 4.98 Å². The molecule has 7 heteroatoms. The Morgan fingerprint density at radius 1 is 0.909 bits per heavy atom.